The Morgan fingerprint density at radius 3 is 2.18 bits per heavy atom. The summed E-state index contributed by atoms with van der Waals surface area (Å²) in [5, 5.41) is 1.33. The van der Waals surface area contributed by atoms with Gasteiger partial charge in [-0.3, -0.25) is 0 Å². The Balaban J connectivity index is 0.000000368. The van der Waals surface area contributed by atoms with E-state index in [1.54, 1.807) is 7.11 Å². The molecular weight excluding hydrogens is 210 g/mol. The molecule has 0 aliphatic rings. The van der Waals surface area contributed by atoms with Gasteiger partial charge in [-0.2, -0.15) is 0 Å². The van der Waals surface area contributed by atoms with Gasteiger partial charge in [-0.05, 0) is 31.4 Å². The molecule has 2 rings (SSSR count). The molecule has 2 aromatic rings. The summed E-state index contributed by atoms with van der Waals surface area (Å²) in [6, 6.07) is 10.6. The third kappa shape index (κ3) is 4.61. The maximum Gasteiger partial charge on any atom is 0.0479 e. The molecule has 1 aromatic heterocycles. The number of aryl methyl sites for hydroxylation is 2. The Morgan fingerprint density at radius 1 is 1.18 bits per heavy atom. The van der Waals surface area contributed by atoms with Gasteiger partial charge in [-0.1, -0.05) is 32.0 Å². The van der Waals surface area contributed by atoms with Gasteiger partial charge in [0.15, 0.2) is 0 Å². The number of aromatic nitrogens is 1. The molecule has 2 heteroatoms. The first-order valence-corrected chi connectivity index (χ1v) is 6.20. The predicted molar refractivity (Wildman–Crippen MR) is 76.6 cm³/mol. The average Bonchev–Trinajstić information content (AvgIpc) is 2.68. The van der Waals surface area contributed by atoms with Gasteiger partial charge in [0.1, 0.15) is 0 Å². The number of nitrogens with zero attached hydrogens (tertiary/aromatic N) is 1. The lowest BCUT2D eigenvalue weighted by molar-refractivity contribution is 0.215. The van der Waals surface area contributed by atoms with E-state index < -0.39 is 0 Å². The third-order valence-electron chi connectivity index (χ3n) is 2.48. The standard InChI is InChI=1S/C10H11N.C3H8O.C2H6/c1-8-7-9-5-3-4-6-10(9)11(8)2;1-3-4-2;1-2/h3-7H,1-2H3;3H2,1-2H3;1-2H3. The number of para-hydroxylation sites is 1. The fourth-order valence-electron chi connectivity index (χ4n) is 1.43. The van der Waals surface area contributed by atoms with E-state index in [2.05, 4.69) is 53.6 Å². The monoisotopic (exact) mass is 235 g/mol. The molecule has 0 amide bonds. The minimum Gasteiger partial charge on any atom is -0.385 e. The summed E-state index contributed by atoms with van der Waals surface area (Å²) in [5.74, 6) is 0. The van der Waals surface area contributed by atoms with Gasteiger partial charge >= 0.3 is 0 Å². The predicted octanol–water partition coefficient (Wildman–Crippen LogP) is 4.17. The lowest BCUT2D eigenvalue weighted by Gasteiger charge is -1.96. The first-order valence-electron chi connectivity index (χ1n) is 6.20. The highest BCUT2D eigenvalue weighted by Gasteiger charge is 1.98. The van der Waals surface area contributed by atoms with Crippen molar-refractivity contribution >= 4 is 10.9 Å². The molecule has 0 saturated carbocycles. The van der Waals surface area contributed by atoms with Crippen LogP contribution < -0.4 is 0 Å². The Bertz CT molecular complexity index is 416. The number of hydrogen-bond donors (Lipinski definition) is 0. The summed E-state index contributed by atoms with van der Waals surface area (Å²) in [6.45, 7) is 8.90. The molecule has 0 aliphatic carbocycles. The summed E-state index contributed by atoms with van der Waals surface area (Å²) in [5.41, 5.74) is 2.62. The fourth-order valence-corrected chi connectivity index (χ4v) is 1.43. The van der Waals surface area contributed by atoms with Crippen LogP contribution in [-0.4, -0.2) is 18.3 Å². The van der Waals surface area contributed by atoms with Gasteiger partial charge in [0.25, 0.3) is 0 Å². The van der Waals surface area contributed by atoms with Crippen LogP contribution in [0.2, 0.25) is 0 Å². The van der Waals surface area contributed by atoms with Crippen molar-refractivity contribution in [1.29, 1.82) is 0 Å². The van der Waals surface area contributed by atoms with Crippen LogP contribution in [0.3, 0.4) is 0 Å². The van der Waals surface area contributed by atoms with E-state index in [1.165, 1.54) is 16.6 Å². The van der Waals surface area contributed by atoms with E-state index in [0.717, 1.165) is 6.61 Å². The highest BCUT2D eigenvalue weighted by molar-refractivity contribution is 5.80. The average molecular weight is 235 g/mol. The van der Waals surface area contributed by atoms with Crippen LogP contribution in [0.15, 0.2) is 30.3 Å². The molecule has 2 nitrogen and oxygen atoms in total. The minimum atomic E-state index is 0.819. The van der Waals surface area contributed by atoms with Crippen molar-refractivity contribution in [3.63, 3.8) is 0 Å². The molecule has 0 unspecified atom stereocenters. The molecule has 1 aromatic carbocycles. The molecule has 1 heterocycles. The second-order valence-corrected chi connectivity index (χ2v) is 3.48. The topological polar surface area (TPSA) is 14.2 Å². The van der Waals surface area contributed by atoms with E-state index in [1.807, 2.05) is 20.8 Å². The van der Waals surface area contributed by atoms with Crippen molar-refractivity contribution in [3.05, 3.63) is 36.0 Å². The van der Waals surface area contributed by atoms with Crippen molar-refractivity contribution in [2.24, 2.45) is 7.05 Å². The zero-order valence-corrected chi connectivity index (χ0v) is 11.9. The Hall–Kier alpha value is -1.28. The molecule has 0 saturated heterocycles. The zero-order valence-electron chi connectivity index (χ0n) is 11.9. The molecule has 0 radical (unpaired) electrons. The molecule has 0 aliphatic heterocycles. The molecule has 0 N–H and O–H groups in total. The van der Waals surface area contributed by atoms with Crippen LogP contribution in [-0.2, 0) is 11.8 Å². The molecule has 0 atom stereocenters. The highest BCUT2D eigenvalue weighted by atomic mass is 16.5. The number of rotatable bonds is 1. The van der Waals surface area contributed by atoms with Crippen molar-refractivity contribution in [2.75, 3.05) is 13.7 Å². The Morgan fingerprint density at radius 2 is 1.71 bits per heavy atom. The van der Waals surface area contributed by atoms with Crippen LogP contribution in [0.5, 0.6) is 0 Å². The number of ether oxygens (including phenoxy) is 1. The lowest BCUT2D eigenvalue weighted by atomic mass is 10.2. The van der Waals surface area contributed by atoms with Crippen molar-refractivity contribution < 1.29 is 4.74 Å². The first-order chi connectivity index (χ1) is 8.20. The summed E-state index contributed by atoms with van der Waals surface area (Å²) < 4.78 is 6.75. The van der Waals surface area contributed by atoms with Crippen LogP contribution >= 0.6 is 0 Å². The third-order valence-corrected chi connectivity index (χ3v) is 2.48. The number of hydrogen-bond acceptors (Lipinski definition) is 1. The van der Waals surface area contributed by atoms with Crippen molar-refractivity contribution in [2.45, 2.75) is 27.7 Å². The van der Waals surface area contributed by atoms with E-state index in [9.17, 15) is 0 Å². The van der Waals surface area contributed by atoms with Gasteiger partial charge in [-0.15, -0.1) is 0 Å². The fraction of sp³-hybridized carbons (Fsp3) is 0.467. The van der Waals surface area contributed by atoms with Crippen molar-refractivity contribution in [1.82, 2.24) is 4.57 Å². The van der Waals surface area contributed by atoms with Crippen LogP contribution in [0.1, 0.15) is 26.5 Å². The van der Waals surface area contributed by atoms with E-state index in [-0.39, 0.29) is 0 Å². The largest absolute Gasteiger partial charge is 0.385 e. The second-order valence-electron chi connectivity index (χ2n) is 3.48. The van der Waals surface area contributed by atoms with Gasteiger partial charge in [-0.25, -0.2) is 0 Å². The first kappa shape index (κ1) is 15.7. The molecular formula is C15H25NO. The van der Waals surface area contributed by atoms with Gasteiger partial charge in [0, 0.05) is 32.0 Å². The minimum absolute atomic E-state index is 0.819. The normalized spacial score (nSPS) is 9.06. The SMILES string of the molecule is CC.CCOC.Cc1cc2ccccc2n1C. The van der Waals surface area contributed by atoms with E-state index >= 15 is 0 Å². The summed E-state index contributed by atoms with van der Waals surface area (Å²) in [4.78, 5) is 0. The zero-order chi connectivity index (χ0) is 13.3. The van der Waals surface area contributed by atoms with E-state index in [0.29, 0.717) is 0 Å². The molecule has 96 valence electrons. The van der Waals surface area contributed by atoms with Gasteiger partial charge < -0.3 is 9.30 Å². The second kappa shape index (κ2) is 8.82. The summed E-state index contributed by atoms with van der Waals surface area (Å²) >= 11 is 0. The molecule has 0 bridgehead atoms. The quantitative estimate of drug-likeness (QED) is 0.723. The van der Waals surface area contributed by atoms with Crippen molar-refractivity contribution in [3.8, 4) is 0 Å². The number of methoxy groups -OCH3 is 1. The lowest BCUT2D eigenvalue weighted by Crippen LogP contribution is -1.88. The molecule has 0 spiro atoms. The van der Waals surface area contributed by atoms with Gasteiger partial charge in [0.2, 0.25) is 0 Å². The van der Waals surface area contributed by atoms with E-state index in [4.69, 9.17) is 0 Å². The number of benzene rings is 1. The molecule has 0 fully saturated rings. The Labute approximate surface area is 105 Å². The highest BCUT2D eigenvalue weighted by Crippen LogP contribution is 2.16. The van der Waals surface area contributed by atoms with Crippen LogP contribution in [0.4, 0.5) is 0 Å². The summed E-state index contributed by atoms with van der Waals surface area (Å²) in [6.07, 6.45) is 0. The maximum atomic E-state index is 4.54. The Kier molecular flexibility index (Phi) is 8.16. The smallest absolute Gasteiger partial charge is 0.0479 e. The summed E-state index contributed by atoms with van der Waals surface area (Å²) in [7, 11) is 3.78. The molecule has 17 heavy (non-hydrogen) atoms. The maximum absolute atomic E-state index is 4.54. The number of fused-ring (bicyclic) bond motifs is 1. The van der Waals surface area contributed by atoms with Crippen LogP contribution in [0.25, 0.3) is 10.9 Å². The van der Waals surface area contributed by atoms with Gasteiger partial charge in [0.05, 0.1) is 0 Å². The van der Waals surface area contributed by atoms with Crippen LogP contribution in [0, 0.1) is 6.92 Å².